The summed E-state index contributed by atoms with van der Waals surface area (Å²) in [5.41, 5.74) is 1.85. The SMILES string of the molecule is CCOc1cc(/C=C2/SC(=O)N(CC(=O)Nc3cccc(Cl)c3)C2=O)ccc1OCc1ccc(Cl)cc1Cl. The van der Waals surface area contributed by atoms with Crippen LogP contribution in [-0.4, -0.2) is 35.1 Å². The largest absolute Gasteiger partial charge is 0.490 e. The predicted octanol–water partition coefficient (Wildman–Crippen LogP) is 7.30. The topological polar surface area (TPSA) is 84.9 Å². The van der Waals surface area contributed by atoms with Crippen molar-refractivity contribution in [3.05, 3.63) is 91.8 Å². The van der Waals surface area contributed by atoms with Gasteiger partial charge in [-0.25, -0.2) is 0 Å². The number of nitrogens with one attached hydrogen (secondary N) is 1. The number of carbonyl (C=O) groups excluding carboxylic acids is 3. The first kappa shape index (κ1) is 27.9. The average Bonchev–Trinajstić information content (AvgIpc) is 3.12. The Morgan fingerprint density at radius 2 is 1.76 bits per heavy atom. The van der Waals surface area contributed by atoms with Crippen LogP contribution >= 0.6 is 46.6 Å². The summed E-state index contributed by atoms with van der Waals surface area (Å²) in [7, 11) is 0. The number of ether oxygens (including phenoxy) is 2. The first-order chi connectivity index (χ1) is 18.2. The summed E-state index contributed by atoms with van der Waals surface area (Å²) < 4.78 is 11.6. The maximum atomic E-state index is 12.9. The summed E-state index contributed by atoms with van der Waals surface area (Å²) in [6, 6.07) is 16.9. The van der Waals surface area contributed by atoms with Crippen LogP contribution in [0.15, 0.2) is 65.6 Å². The zero-order valence-electron chi connectivity index (χ0n) is 20.0. The van der Waals surface area contributed by atoms with Gasteiger partial charge in [-0.05, 0) is 72.8 Å². The summed E-state index contributed by atoms with van der Waals surface area (Å²) in [4.78, 5) is 38.9. The zero-order valence-corrected chi connectivity index (χ0v) is 23.1. The van der Waals surface area contributed by atoms with E-state index in [-0.39, 0.29) is 11.5 Å². The highest BCUT2D eigenvalue weighted by Gasteiger charge is 2.36. The molecule has 11 heteroatoms. The quantitative estimate of drug-likeness (QED) is 0.263. The van der Waals surface area contributed by atoms with Crippen LogP contribution in [0.25, 0.3) is 6.08 Å². The molecule has 0 bridgehead atoms. The molecule has 0 aromatic heterocycles. The minimum Gasteiger partial charge on any atom is -0.490 e. The fourth-order valence-electron chi connectivity index (χ4n) is 3.49. The van der Waals surface area contributed by atoms with Gasteiger partial charge in [0.2, 0.25) is 5.91 Å². The highest BCUT2D eigenvalue weighted by atomic mass is 35.5. The van der Waals surface area contributed by atoms with Gasteiger partial charge in [-0.3, -0.25) is 19.3 Å². The van der Waals surface area contributed by atoms with Gasteiger partial charge in [0.1, 0.15) is 13.2 Å². The van der Waals surface area contributed by atoms with Crippen LogP contribution in [0.2, 0.25) is 15.1 Å². The summed E-state index contributed by atoms with van der Waals surface area (Å²) in [5.74, 6) is -0.124. The van der Waals surface area contributed by atoms with Crippen LogP contribution < -0.4 is 14.8 Å². The number of carbonyl (C=O) groups is 3. The number of nitrogens with zero attached hydrogens (tertiary/aromatic N) is 1. The Morgan fingerprint density at radius 3 is 2.50 bits per heavy atom. The van der Waals surface area contributed by atoms with E-state index in [9.17, 15) is 14.4 Å². The third-order valence-corrected chi connectivity index (χ3v) is 6.98. The van der Waals surface area contributed by atoms with E-state index in [4.69, 9.17) is 44.3 Å². The third kappa shape index (κ3) is 7.02. The minimum atomic E-state index is -0.558. The van der Waals surface area contributed by atoms with E-state index in [1.54, 1.807) is 66.7 Å². The van der Waals surface area contributed by atoms with Crippen molar-refractivity contribution >= 4 is 75.4 Å². The summed E-state index contributed by atoms with van der Waals surface area (Å²) in [5, 5.41) is 3.57. The molecule has 7 nitrogen and oxygen atoms in total. The molecule has 1 fully saturated rings. The van der Waals surface area contributed by atoms with Crippen molar-refractivity contribution in [3.8, 4) is 11.5 Å². The maximum Gasteiger partial charge on any atom is 0.294 e. The minimum absolute atomic E-state index is 0.189. The summed E-state index contributed by atoms with van der Waals surface area (Å²) in [6.45, 7) is 2.01. The number of halogens is 3. The van der Waals surface area contributed by atoms with Crippen molar-refractivity contribution in [2.45, 2.75) is 13.5 Å². The molecule has 3 aromatic rings. The summed E-state index contributed by atoms with van der Waals surface area (Å²) >= 11 is 18.9. The molecule has 1 saturated heterocycles. The van der Waals surface area contributed by atoms with Crippen molar-refractivity contribution in [1.82, 2.24) is 4.90 Å². The van der Waals surface area contributed by atoms with E-state index in [1.807, 2.05) is 6.92 Å². The molecule has 0 unspecified atom stereocenters. The van der Waals surface area contributed by atoms with Crippen LogP contribution in [0.1, 0.15) is 18.1 Å². The number of amides is 3. The Hall–Kier alpha value is -3.17. The molecule has 1 aliphatic heterocycles. The number of hydrogen-bond acceptors (Lipinski definition) is 6. The van der Waals surface area contributed by atoms with Gasteiger partial charge in [0.25, 0.3) is 11.1 Å². The average molecular weight is 592 g/mol. The normalized spacial score (nSPS) is 14.2. The van der Waals surface area contributed by atoms with Crippen molar-refractivity contribution in [2.75, 3.05) is 18.5 Å². The van der Waals surface area contributed by atoms with E-state index < -0.39 is 23.6 Å². The Kier molecular flexibility index (Phi) is 9.22. The molecule has 4 rings (SSSR count). The lowest BCUT2D eigenvalue weighted by atomic mass is 10.1. The number of rotatable bonds is 9. The second kappa shape index (κ2) is 12.6. The van der Waals surface area contributed by atoms with E-state index >= 15 is 0 Å². The Balaban J connectivity index is 1.45. The molecule has 3 amide bonds. The number of benzene rings is 3. The Morgan fingerprint density at radius 1 is 0.974 bits per heavy atom. The molecule has 0 radical (unpaired) electrons. The zero-order chi connectivity index (χ0) is 27.2. The maximum absolute atomic E-state index is 12.9. The number of anilines is 1. The fraction of sp³-hybridized carbons (Fsp3) is 0.148. The van der Waals surface area contributed by atoms with Crippen LogP contribution in [0.4, 0.5) is 10.5 Å². The van der Waals surface area contributed by atoms with Crippen molar-refractivity contribution in [2.24, 2.45) is 0 Å². The lowest BCUT2D eigenvalue weighted by Crippen LogP contribution is -2.36. The molecule has 0 atom stereocenters. The fourth-order valence-corrected chi connectivity index (χ4v) is 4.99. The molecule has 0 spiro atoms. The lowest BCUT2D eigenvalue weighted by Gasteiger charge is -2.14. The van der Waals surface area contributed by atoms with Gasteiger partial charge < -0.3 is 14.8 Å². The first-order valence-electron chi connectivity index (χ1n) is 11.4. The van der Waals surface area contributed by atoms with Crippen LogP contribution in [0.5, 0.6) is 11.5 Å². The van der Waals surface area contributed by atoms with Gasteiger partial charge in [0, 0.05) is 26.3 Å². The molecule has 38 heavy (non-hydrogen) atoms. The van der Waals surface area contributed by atoms with Gasteiger partial charge in [0.15, 0.2) is 11.5 Å². The molecule has 1 N–H and O–H groups in total. The number of thioether (sulfide) groups is 1. The van der Waals surface area contributed by atoms with Gasteiger partial charge in [-0.1, -0.05) is 53.0 Å². The van der Waals surface area contributed by atoms with Gasteiger partial charge in [0.05, 0.1) is 11.5 Å². The molecule has 1 heterocycles. The highest BCUT2D eigenvalue weighted by Crippen LogP contribution is 2.35. The molecular weight excluding hydrogens is 571 g/mol. The van der Waals surface area contributed by atoms with E-state index in [1.165, 1.54) is 0 Å². The van der Waals surface area contributed by atoms with Gasteiger partial charge in [-0.2, -0.15) is 0 Å². The van der Waals surface area contributed by atoms with Crippen LogP contribution in [-0.2, 0) is 16.2 Å². The van der Waals surface area contributed by atoms with Crippen molar-refractivity contribution in [1.29, 1.82) is 0 Å². The second-order valence-electron chi connectivity index (χ2n) is 7.99. The smallest absolute Gasteiger partial charge is 0.294 e. The Bertz CT molecular complexity index is 1430. The number of hydrogen-bond donors (Lipinski definition) is 1. The van der Waals surface area contributed by atoms with Gasteiger partial charge >= 0.3 is 0 Å². The van der Waals surface area contributed by atoms with Crippen LogP contribution in [0, 0.1) is 0 Å². The molecule has 3 aromatic carbocycles. The molecule has 0 aliphatic carbocycles. The Labute approximate surface area is 238 Å². The van der Waals surface area contributed by atoms with Crippen LogP contribution in [0.3, 0.4) is 0 Å². The van der Waals surface area contributed by atoms with E-state index in [2.05, 4.69) is 5.32 Å². The first-order valence-corrected chi connectivity index (χ1v) is 13.3. The molecule has 0 saturated carbocycles. The van der Waals surface area contributed by atoms with Crippen molar-refractivity contribution < 1.29 is 23.9 Å². The number of imide groups is 1. The standard InChI is InChI=1S/C27H21Cl3N2O5S/c1-2-36-23-10-16(6-9-22(23)37-15-17-7-8-19(29)13-21(17)30)11-24-26(34)32(27(35)38-24)14-25(33)31-20-5-3-4-18(28)12-20/h3-13H,2,14-15H2,1H3,(H,31,33)/b24-11+. The third-order valence-electron chi connectivity index (χ3n) is 5.25. The lowest BCUT2D eigenvalue weighted by molar-refractivity contribution is -0.127. The second-order valence-corrected chi connectivity index (χ2v) is 10.3. The predicted molar refractivity (Wildman–Crippen MR) is 151 cm³/mol. The monoisotopic (exact) mass is 590 g/mol. The molecular formula is C27H21Cl3N2O5S. The van der Waals surface area contributed by atoms with Crippen molar-refractivity contribution in [3.63, 3.8) is 0 Å². The summed E-state index contributed by atoms with van der Waals surface area (Å²) in [6.07, 6.45) is 1.57. The highest BCUT2D eigenvalue weighted by molar-refractivity contribution is 8.18. The molecule has 1 aliphatic rings. The van der Waals surface area contributed by atoms with E-state index in [0.29, 0.717) is 44.4 Å². The van der Waals surface area contributed by atoms with E-state index in [0.717, 1.165) is 22.2 Å². The van der Waals surface area contributed by atoms with Gasteiger partial charge in [-0.15, -0.1) is 0 Å². The molecule has 196 valence electrons.